The van der Waals surface area contributed by atoms with E-state index in [1.54, 1.807) is 37.3 Å². The number of hydrogen-bond donors (Lipinski definition) is 2. The van der Waals surface area contributed by atoms with Gasteiger partial charge in [-0.3, -0.25) is 4.79 Å². The number of amides is 1. The van der Waals surface area contributed by atoms with Gasteiger partial charge >= 0.3 is 0 Å². The molecule has 1 amide bonds. The maximum absolute atomic E-state index is 14.9. The topological polar surface area (TPSA) is 75.3 Å². The number of carbonyl (C=O) groups excluding carboxylic acids is 1. The van der Waals surface area contributed by atoms with Crippen molar-refractivity contribution in [3.63, 3.8) is 0 Å². The number of aryl methyl sites for hydroxylation is 2. The van der Waals surface area contributed by atoms with Crippen molar-refractivity contribution in [2.75, 3.05) is 5.32 Å². The zero-order chi connectivity index (χ0) is 25.8. The fourth-order valence-corrected chi connectivity index (χ4v) is 4.81. The quantitative estimate of drug-likeness (QED) is 0.364. The maximum Gasteiger partial charge on any atom is 0.264 e. The third-order valence-electron chi connectivity index (χ3n) is 5.61. The number of sulfonamides is 1. The van der Waals surface area contributed by atoms with Crippen molar-refractivity contribution in [1.82, 2.24) is 4.72 Å². The number of carbonyl (C=O) groups is 1. The number of anilines is 1. The van der Waals surface area contributed by atoms with E-state index in [4.69, 9.17) is 0 Å². The molecule has 3 rings (SSSR count). The van der Waals surface area contributed by atoms with Crippen LogP contribution in [0.5, 0.6) is 0 Å². The molecule has 5 nitrogen and oxygen atoms in total. The Bertz CT molecular complexity index is 1360. The van der Waals surface area contributed by atoms with Crippen molar-refractivity contribution in [1.29, 1.82) is 0 Å². The molecule has 0 fully saturated rings. The van der Waals surface area contributed by atoms with Gasteiger partial charge in [0.05, 0.1) is 4.90 Å². The van der Waals surface area contributed by atoms with Gasteiger partial charge in [-0.05, 0) is 92.8 Å². The first-order chi connectivity index (χ1) is 16.5. The molecule has 0 saturated carbocycles. The maximum atomic E-state index is 14.9. The van der Waals surface area contributed by atoms with Crippen LogP contribution in [-0.2, 0) is 14.8 Å². The summed E-state index contributed by atoms with van der Waals surface area (Å²) >= 11 is 0. The summed E-state index contributed by atoms with van der Waals surface area (Å²) in [5.41, 5.74) is 4.78. The van der Waals surface area contributed by atoms with E-state index in [1.165, 1.54) is 18.2 Å². The highest BCUT2D eigenvalue weighted by Gasteiger charge is 2.20. The minimum atomic E-state index is -3.97. The molecule has 35 heavy (non-hydrogen) atoms. The molecule has 0 heterocycles. The van der Waals surface area contributed by atoms with Crippen LogP contribution in [0.4, 0.5) is 10.1 Å². The van der Waals surface area contributed by atoms with Gasteiger partial charge in [-0.25, -0.2) is 17.5 Å². The van der Waals surface area contributed by atoms with E-state index in [0.717, 1.165) is 27.9 Å². The smallest absolute Gasteiger partial charge is 0.264 e. The Balaban J connectivity index is 1.90. The first-order valence-electron chi connectivity index (χ1n) is 11.5. The lowest BCUT2D eigenvalue weighted by Crippen LogP contribution is -2.31. The molecule has 3 aromatic rings. The zero-order valence-electron chi connectivity index (χ0n) is 20.6. The molecule has 0 radical (unpaired) electrons. The summed E-state index contributed by atoms with van der Waals surface area (Å²) in [6, 6.07) is 16.8. The second-order valence-electron chi connectivity index (χ2n) is 8.79. The van der Waals surface area contributed by atoms with E-state index in [9.17, 15) is 17.6 Å². The Kier molecular flexibility index (Phi) is 8.12. The molecule has 0 bridgehead atoms. The molecule has 0 aliphatic heterocycles. The van der Waals surface area contributed by atoms with Crippen LogP contribution in [-0.4, -0.2) is 20.4 Å². The van der Waals surface area contributed by atoms with Crippen LogP contribution < -0.4 is 10.0 Å². The highest BCUT2D eigenvalue weighted by atomic mass is 32.2. The molecule has 0 spiro atoms. The molecule has 0 aromatic heterocycles. The molecule has 0 aliphatic rings. The summed E-state index contributed by atoms with van der Waals surface area (Å²) in [7, 11) is -3.97. The van der Waals surface area contributed by atoms with Crippen LogP contribution in [0.15, 0.2) is 71.1 Å². The van der Waals surface area contributed by atoms with Gasteiger partial charge in [-0.2, -0.15) is 0 Å². The van der Waals surface area contributed by atoms with Crippen molar-refractivity contribution in [2.24, 2.45) is 0 Å². The van der Waals surface area contributed by atoms with Gasteiger partial charge in [0, 0.05) is 22.9 Å². The predicted octanol–water partition coefficient (Wildman–Crippen LogP) is 6.23. The monoisotopic (exact) mass is 494 g/mol. The molecule has 2 N–H and O–H groups in total. The lowest BCUT2D eigenvalue weighted by atomic mass is 9.93. The molecule has 0 unspecified atom stereocenters. The Morgan fingerprint density at radius 1 is 0.971 bits per heavy atom. The van der Waals surface area contributed by atoms with E-state index < -0.39 is 15.9 Å². The van der Waals surface area contributed by atoms with Gasteiger partial charge in [0.2, 0.25) is 0 Å². The molecule has 7 heteroatoms. The summed E-state index contributed by atoms with van der Waals surface area (Å²) in [6.45, 7) is 9.55. The van der Waals surface area contributed by atoms with Gasteiger partial charge in [0.15, 0.2) is 0 Å². The summed E-state index contributed by atoms with van der Waals surface area (Å²) in [6.07, 6.45) is 2.03. The van der Waals surface area contributed by atoms with Crippen LogP contribution in [0, 0.1) is 19.7 Å². The van der Waals surface area contributed by atoms with Crippen LogP contribution in [0.25, 0.3) is 17.2 Å². The second-order valence-corrected chi connectivity index (χ2v) is 10.5. The van der Waals surface area contributed by atoms with Crippen LogP contribution in [0.3, 0.4) is 0 Å². The zero-order valence-corrected chi connectivity index (χ0v) is 21.5. The largest absolute Gasteiger partial charge is 0.383 e. The summed E-state index contributed by atoms with van der Waals surface area (Å²) in [4.78, 5) is 12.8. The van der Waals surface area contributed by atoms with E-state index in [0.29, 0.717) is 17.6 Å². The van der Waals surface area contributed by atoms with E-state index >= 15 is 0 Å². The third-order valence-corrected chi connectivity index (χ3v) is 6.96. The van der Waals surface area contributed by atoms with Crippen LogP contribution in [0.2, 0.25) is 0 Å². The number of halogens is 1. The van der Waals surface area contributed by atoms with Crippen LogP contribution >= 0.6 is 0 Å². The molecule has 184 valence electrons. The highest BCUT2D eigenvalue weighted by Crippen LogP contribution is 2.31. The van der Waals surface area contributed by atoms with Crippen molar-refractivity contribution >= 4 is 27.7 Å². The molecule has 3 aromatic carbocycles. The number of nitrogens with one attached hydrogen (secondary N) is 2. The highest BCUT2D eigenvalue weighted by molar-refractivity contribution is 7.90. The van der Waals surface area contributed by atoms with Crippen molar-refractivity contribution < 1.29 is 17.6 Å². The average molecular weight is 495 g/mol. The summed E-state index contributed by atoms with van der Waals surface area (Å²) < 4.78 is 42.2. The molecular weight excluding hydrogens is 463 g/mol. The van der Waals surface area contributed by atoms with Crippen molar-refractivity contribution in [3.05, 3.63) is 88.7 Å². The van der Waals surface area contributed by atoms with E-state index in [1.807, 2.05) is 45.9 Å². The average Bonchev–Trinajstić information content (AvgIpc) is 2.79. The molecule has 0 aliphatic carbocycles. The number of rotatable bonds is 8. The minimum absolute atomic E-state index is 0.0248. The minimum Gasteiger partial charge on any atom is -0.383 e. The normalized spacial score (nSPS) is 12.0. The van der Waals surface area contributed by atoms with Gasteiger partial charge in [0.1, 0.15) is 5.82 Å². The van der Waals surface area contributed by atoms with E-state index in [-0.39, 0.29) is 16.8 Å². The molecule has 0 saturated heterocycles. The number of benzene rings is 3. The Hall–Kier alpha value is -3.45. The van der Waals surface area contributed by atoms with Gasteiger partial charge in [0.25, 0.3) is 15.9 Å². The summed E-state index contributed by atoms with van der Waals surface area (Å²) in [5.74, 6) is -0.988. The third kappa shape index (κ3) is 6.36. The fourth-order valence-electron chi connectivity index (χ4n) is 3.80. The fraction of sp³-hybridized carbons (Fsp3) is 0.250. The predicted molar refractivity (Wildman–Crippen MR) is 140 cm³/mol. The first-order valence-corrected chi connectivity index (χ1v) is 13.0. The SMILES string of the molecule is CCC(=Cc1cc(C)c(-c2ccc(NC(C)C)cc2F)cc1C)C(=O)NS(=O)(=O)c1ccccc1. The first kappa shape index (κ1) is 26.2. The Morgan fingerprint density at radius 3 is 2.26 bits per heavy atom. The lowest BCUT2D eigenvalue weighted by Gasteiger charge is -2.15. The van der Waals surface area contributed by atoms with Gasteiger partial charge in [-0.1, -0.05) is 37.3 Å². The number of hydrogen-bond acceptors (Lipinski definition) is 4. The Labute approximate surface area is 207 Å². The van der Waals surface area contributed by atoms with Crippen LogP contribution in [0.1, 0.15) is 43.9 Å². The van der Waals surface area contributed by atoms with Crippen molar-refractivity contribution in [3.8, 4) is 11.1 Å². The van der Waals surface area contributed by atoms with Gasteiger partial charge in [-0.15, -0.1) is 0 Å². The second kappa shape index (κ2) is 10.9. The van der Waals surface area contributed by atoms with Gasteiger partial charge < -0.3 is 5.32 Å². The lowest BCUT2D eigenvalue weighted by molar-refractivity contribution is -0.115. The summed E-state index contributed by atoms with van der Waals surface area (Å²) in [5, 5.41) is 3.20. The molecule has 0 atom stereocenters. The van der Waals surface area contributed by atoms with Crippen molar-refractivity contribution in [2.45, 2.75) is 52.0 Å². The van der Waals surface area contributed by atoms with E-state index in [2.05, 4.69) is 10.0 Å². The molecular formula is C28H31FN2O3S. The standard InChI is InChI=1S/C28H31FN2O3S/c1-6-21(28(32)31-35(33,34)24-10-8-7-9-11-24)16-22-14-20(5)26(15-19(22)4)25-13-12-23(17-27(25)29)30-18(2)3/h7-18,30H,6H2,1-5H3,(H,31,32). The Morgan fingerprint density at radius 2 is 1.66 bits per heavy atom.